The normalized spacial score (nSPS) is 14.6. The number of hydrogen-bond donors (Lipinski definition) is 1. The summed E-state index contributed by atoms with van der Waals surface area (Å²) in [5, 5.41) is 8.09. The second kappa shape index (κ2) is 7.93. The van der Waals surface area contributed by atoms with Crippen molar-refractivity contribution in [2.75, 3.05) is 13.7 Å². The quantitative estimate of drug-likeness (QED) is 0.782. The van der Waals surface area contributed by atoms with Crippen LogP contribution < -0.4 is 5.32 Å². The van der Waals surface area contributed by atoms with E-state index < -0.39 is 0 Å². The lowest BCUT2D eigenvalue weighted by molar-refractivity contribution is 0.140. The Kier molecular flexibility index (Phi) is 6.23. The van der Waals surface area contributed by atoms with Gasteiger partial charge in [-0.1, -0.05) is 26.0 Å². The van der Waals surface area contributed by atoms with Crippen molar-refractivity contribution in [3.8, 4) is 0 Å². The van der Waals surface area contributed by atoms with Gasteiger partial charge in [0, 0.05) is 35.4 Å². The van der Waals surface area contributed by atoms with Crippen LogP contribution in [0.2, 0.25) is 0 Å². The summed E-state index contributed by atoms with van der Waals surface area (Å²) in [6.07, 6.45) is 1.05. The van der Waals surface area contributed by atoms with Crippen LogP contribution in [0.3, 0.4) is 0 Å². The van der Waals surface area contributed by atoms with Crippen molar-refractivity contribution in [3.05, 3.63) is 44.8 Å². The van der Waals surface area contributed by atoms with Gasteiger partial charge < -0.3 is 10.1 Å². The highest BCUT2D eigenvalue weighted by Gasteiger charge is 2.21. The molecule has 4 heteroatoms. The van der Waals surface area contributed by atoms with E-state index in [1.165, 1.54) is 9.75 Å². The lowest BCUT2D eigenvalue weighted by atomic mass is 10.0. The SMILES string of the molecule is COCC(NC(Cc1cccs1)c1cccs1)C(C)C. The Morgan fingerprint density at radius 1 is 1.15 bits per heavy atom. The molecule has 0 aliphatic rings. The van der Waals surface area contributed by atoms with Gasteiger partial charge in [-0.15, -0.1) is 22.7 Å². The molecule has 0 amide bonds. The maximum Gasteiger partial charge on any atom is 0.0618 e. The van der Waals surface area contributed by atoms with Gasteiger partial charge in [-0.3, -0.25) is 0 Å². The zero-order chi connectivity index (χ0) is 14.4. The molecule has 2 aromatic rings. The Morgan fingerprint density at radius 2 is 1.90 bits per heavy atom. The molecule has 2 rings (SSSR count). The molecule has 20 heavy (non-hydrogen) atoms. The van der Waals surface area contributed by atoms with Crippen LogP contribution in [0.4, 0.5) is 0 Å². The van der Waals surface area contributed by atoms with Gasteiger partial charge in [0.1, 0.15) is 0 Å². The van der Waals surface area contributed by atoms with Crippen molar-refractivity contribution in [3.63, 3.8) is 0 Å². The second-order valence-electron chi connectivity index (χ2n) is 5.32. The summed E-state index contributed by atoms with van der Waals surface area (Å²) >= 11 is 3.66. The Bertz CT molecular complexity index is 465. The highest BCUT2D eigenvalue weighted by molar-refractivity contribution is 7.10. The largest absolute Gasteiger partial charge is 0.383 e. The lowest BCUT2D eigenvalue weighted by Crippen LogP contribution is -2.40. The first-order valence-electron chi connectivity index (χ1n) is 7.01. The number of hydrogen-bond acceptors (Lipinski definition) is 4. The third-order valence-electron chi connectivity index (χ3n) is 3.44. The minimum atomic E-state index is 0.371. The van der Waals surface area contributed by atoms with E-state index in [2.05, 4.69) is 54.2 Å². The van der Waals surface area contributed by atoms with Gasteiger partial charge in [-0.2, -0.15) is 0 Å². The summed E-state index contributed by atoms with van der Waals surface area (Å²) in [6, 6.07) is 9.45. The Hall–Kier alpha value is -0.680. The number of ether oxygens (including phenoxy) is 1. The second-order valence-corrected chi connectivity index (χ2v) is 7.34. The maximum absolute atomic E-state index is 5.36. The first kappa shape index (κ1) is 15.7. The van der Waals surface area contributed by atoms with E-state index in [9.17, 15) is 0 Å². The molecule has 2 heterocycles. The molecule has 0 aliphatic heterocycles. The molecular weight excluding hydrogens is 286 g/mol. The van der Waals surface area contributed by atoms with Gasteiger partial charge in [0.2, 0.25) is 0 Å². The molecule has 0 aliphatic carbocycles. The molecule has 2 unspecified atom stereocenters. The van der Waals surface area contributed by atoms with Crippen molar-refractivity contribution in [1.82, 2.24) is 5.32 Å². The van der Waals surface area contributed by atoms with Gasteiger partial charge in [-0.25, -0.2) is 0 Å². The lowest BCUT2D eigenvalue weighted by Gasteiger charge is -2.27. The van der Waals surface area contributed by atoms with Crippen LogP contribution in [-0.2, 0) is 11.2 Å². The fourth-order valence-electron chi connectivity index (χ4n) is 2.23. The molecule has 110 valence electrons. The number of rotatable bonds is 8. The maximum atomic E-state index is 5.36. The van der Waals surface area contributed by atoms with Gasteiger partial charge in [0.05, 0.1) is 6.61 Å². The van der Waals surface area contributed by atoms with Crippen LogP contribution in [0.5, 0.6) is 0 Å². The molecule has 0 radical (unpaired) electrons. The molecule has 0 saturated carbocycles. The first-order chi connectivity index (χ1) is 9.70. The Balaban J connectivity index is 2.09. The molecular formula is C16H23NOS2. The zero-order valence-corrected chi connectivity index (χ0v) is 14.0. The third kappa shape index (κ3) is 4.42. The smallest absolute Gasteiger partial charge is 0.0618 e. The van der Waals surface area contributed by atoms with E-state index in [-0.39, 0.29) is 0 Å². The summed E-state index contributed by atoms with van der Waals surface area (Å²) in [4.78, 5) is 2.83. The van der Waals surface area contributed by atoms with E-state index in [0.29, 0.717) is 18.0 Å². The predicted molar refractivity (Wildman–Crippen MR) is 88.7 cm³/mol. The van der Waals surface area contributed by atoms with Crippen LogP contribution in [0.25, 0.3) is 0 Å². The van der Waals surface area contributed by atoms with E-state index in [4.69, 9.17) is 4.74 Å². The van der Waals surface area contributed by atoms with Gasteiger partial charge >= 0.3 is 0 Å². The van der Waals surface area contributed by atoms with Crippen LogP contribution in [0, 0.1) is 5.92 Å². The molecule has 1 N–H and O–H groups in total. The van der Waals surface area contributed by atoms with Crippen LogP contribution in [0.15, 0.2) is 35.0 Å². The summed E-state index contributed by atoms with van der Waals surface area (Å²) < 4.78 is 5.36. The summed E-state index contributed by atoms with van der Waals surface area (Å²) in [6.45, 7) is 5.24. The van der Waals surface area contributed by atoms with Crippen molar-refractivity contribution in [1.29, 1.82) is 0 Å². The zero-order valence-electron chi connectivity index (χ0n) is 12.3. The molecule has 0 bridgehead atoms. The van der Waals surface area contributed by atoms with E-state index >= 15 is 0 Å². The van der Waals surface area contributed by atoms with Crippen molar-refractivity contribution < 1.29 is 4.74 Å². The number of nitrogens with one attached hydrogen (secondary N) is 1. The molecule has 0 spiro atoms. The standard InChI is InChI=1S/C16H23NOS2/c1-12(2)15(11-18-3)17-14(16-7-5-9-20-16)10-13-6-4-8-19-13/h4-9,12,14-15,17H,10-11H2,1-3H3. The highest BCUT2D eigenvalue weighted by atomic mass is 32.1. The summed E-state index contributed by atoms with van der Waals surface area (Å²) in [7, 11) is 1.77. The third-order valence-corrected chi connectivity index (χ3v) is 5.32. The average Bonchev–Trinajstić information content (AvgIpc) is 3.10. The van der Waals surface area contributed by atoms with Crippen molar-refractivity contribution >= 4 is 22.7 Å². The monoisotopic (exact) mass is 309 g/mol. The minimum Gasteiger partial charge on any atom is -0.383 e. The summed E-state index contributed by atoms with van der Waals surface area (Å²) in [5.74, 6) is 0.556. The minimum absolute atomic E-state index is 0.371. The summed E-state index contributed by atoms with van der Waals surface area (Å²) in [5.41, 5.74) is 0. The molecule has 0 saturated heterocycles. The van der Waals surface area contributed by atoms with Crippen LogP contribution in [0.1, 0.15) is 29.6 Å². The van der Waals surface area contributed by atoms with Gasteiger partial charge in [-0.05, 0) is 28.8 Å². The topological polar surface area (TPSA) is 21.3 Å². The molecule has 0 aromatic carbocycles. The Labute approximate surface area is 129 Å². The fourth-order valence-corrected chi connectivity index (χ4v) is 3.77. The number of thiophene rings is 2. The van der Waals surface area contributed by atoms with Crippen molar-refractivity contribution in [2.45, 2.75) is 32.4 Å². The average molecular weight is 310 g/mol. The highest BCUT2D eigenvalue weighted by Crippen LogP contribution is 2.26. The molecule has 2 aromatic heterocycles. The van der Waals surface area contributed by atoms with E-state index in [1.807, 2.05) is 22.7 Å². The predicted octanol–water partition coefficient (Wildman–Crippen LogP) is 4.35. The van der Waals surface area contributed by atoms with Crippen molar-refractivity contribution in [2.24, 2.45) is 5.92 Å². The van der Waals surface area contributed by atoms with E-state index in [0.717, 1.165) is 13.0 Å². The van der Waals surface area contributed by atoms with Crippen LogP contribution >= 0.6 is 22.7 Å². The first-order valence-corrected chi connectivity index (χ1v) is 8.77. The van der Waals surface area contributed by atoms with E-state index in [1.54, 1.807) is 7.11 Å². The molecule has 0 fully saturated rings. The number of methoxy groups -OCH3 is 1. The van der Waals surface area contributed by atoms with Gasteiger partial charge in [0.25, 0.3) is 0 Å². The molecule has 2 atom stereocenters. The fraction of sp³-hybridized carbons (Fsp3) is 0.500. The van der Waals surface area contributed by atoms with Gasteiger partial charge in [0.15, 0.2) is 0 Å². The molecule has 2 nitrogen and oxygen atoms in total. The Morgan fingerprint density at radius 3 is 2.45 bits per heavy atom. The van der Waals surface area contributed by atoms with Crippen LogP contribution in [-0.4, -0.2) is 19.8 Å².